The number of nitrogen functional groups attached to an aromatic ring is 1. The minimum atomic E-state index is -0.262. The summed E-state index contributed by atoms with van der Waals surface area (Å²) in [6, 6.07) is 11.5. The minimum Gasteiger partial charge on any atom is -0.467 e. The van der Waals surface area contributed by atoms with Gasteiger partial charge in [0.2, 0.25) is 11.1 Å². The molecular weight excluding hydrogens is 364 g/mol. The van der Waals surface area contributed by atoms with E-state index in [2.05, 4.69) is 20.3 Å². The lowest BCUT2D eigenvalue weighted by Gasteiger charge is -2.19. The molecule has 0 aliphatic carbocycles. The molecule has 2 aromatic heterocycles. The summed E-state index contributed by atoms with van der Waals surface area (Å²) in [4.78, 5) is 16.8. The summed E-state index contributed by atoms with van der Waals surface area (Å²) < 4.78 is 5.55. The van der Waals surface area contributed by atoms with Gasteiger partial charge in [0, 0.05) is 6.42 Å². The Hall–Kier alpha value is -3.07. The Bertz CT molecular complexity index is 964. The molecule has 0 fully saturated rings. The van der Waals surface area contributed by atoms with Crippen LogP contribution >= 0.6 is 11.8 Å². The quantitative estimate of drug-likeness (QED) is 0.656. The Kier molecular flexibility index (Phi) is 4.68. The zero-order valence-electron chi connectivity index (χ0n) is 14.6. The first-order chi connectivity index (χ1) is 13.1. The molecule has 3 aromatic rings. The van der Waals surface area contributed by atoms with Crippen molar-refractivity contribution in [1.82, 2.24) is 20.2 Å². The highest BCUT2D eigenvalue weighted by atomic mass is 32.2. The summed E-state index contributed by atoms with van der Waals surface area (Å²) in [5, 5.41) is 13.0. The lowest BCUT2D eigenvalue weighted by molar-refractivity contribution is -0.130. The summed E-state index contributed by atoms with van der Waals surface area (Å²) in [6.45, 7) is 2.04. The Labute approximate surface area is 159 Å². The van der Waals surface area contributed by atoms with Gasteiger partial charge < -0.3 is 10.2 Å². The Morgan fingerprint density at radius 3 is 2.85 bits per heavy atom. The van der Waals surface area contributed by atoms with Crippen LogP contribution in [-0.2, 0) is 4.79 Å². The molecule has 3 heterocycles. The van der Waals surface area contributed by atoms with Crippen molar-refractivity contribution in [3.05, 3.63) is 59.5 Å². The van der Waals surface area contributed by atoms with Crippen LogP contribution < -0.4 is 5.73 Å². The fourth-order valence-electron chi connectivity index (χ4n) is 2.88. The number of thioether (sulfide) groups is 1. The smallest absolute Gasteiger partial charge is 0.253 e. The lowest BCUT2D eigenvalue weighted by Crippen LogP contribution is -2.28. The topological polar surface area (TPSA) is 113 Å². The molecule has 1 aromatic carbocycles. The second-order valence-electron chi connectivity index (χ2n) is 6.18. The second-order valence-corrected chi connectivity index (χ2v) is 7.12. The normalized spacial score (nSPS) is 16.6. The van der Waals surface area contributed by atoms with Gasteiger partial charge in [0.1, 0.15) is 11.8 Å². The highest BCUT2D eigenvalue weighted by Crippen LogP contribution is 2.33. The van der Waals surface area contributed by atoms with Crippen LogP contribution in [0.3, 0.4) is 0 Å². The van der Waals surface area contributed by atoms with E-state index in [0.717, 1.165) is 11.3 Å². The number of furan rings is 1. The maximum Gasteiger partial charge on any atom is 0.253 e. The fourth-order valence-corrected chi connectivity index (χ4v) is 3.54. The van der Waals surface area contributed by atoms with Crippen LogP contribution in [0.5, 0.6) is 0 Å². The van der Waals surface area contributed by atoms with Crippen LogP contribution in [0.4, 0.5) is 5.95 Å². The summed E-state index contributed by atoms with van der Waals surface area (Å²) >= 11 is 1.21. The first-order valence-electron chi connectivity index (χ1n) is 8.41. The van der Waals surface area contributed by atoms with Gasteiger partial charge in [0.15, 0.2) is 0 Å². The number of carbonyl (C=O) groups is 1. The number of hydrogen-bond acceptors (Lipinski definition) is 7. The van der Waals surface area contributed by atoms with Crippen molar-refractivity contribution in [2.75, 3.05) is 11.5 Å². The predicted octanol–water partition coefficient (Wildman–Crippen LogP) is 2.76. The summed E-state index contributed by atoms with van der Waals surface area (Å²) in [6.07, 6.45) is 2.20. The highest BCUT2D eigenvalue weighted by molar-refractivity contribution is 7.99. The standard InChI is InChI=1S/C18H18N6O2S/c1-11-4-6-12(7-5-11)13-9-14(15-3-2-8-26-15)24(23-13)16(25)10-27-18-20-17(19)21-22-18/h2-8,14H,9-10H2,1H3,(H3,19,20,21,22)/t14-/m1/s1. The van der Waals surface area contributed by atoms with Crippen LogP contribution in [0, 0.1) is 6.92 Å². The van der Waals surface area contributed by atoms with Crippen LogP contribution in [0.1, 0.15) is 29.3 Å². The number of nitrogens with one attached hydrogen (secondary N) is 1. The van der Waals surface area contributed by atoms with E-state index >= 15 is 0 Å². The van der Waals surface area contributed by atoms with Crippen LogP contribution in [0.15, 0.2) is 57.3 Å². The molecule has 0 spiro atoms. The third-order valence-electron chi connectivity index (χ3n) is 4.23. The van der Waals surface area contributed by atoms with Gasteiger partial charge in [-0.2, -0.15) is 10.1 Å². The van der Waals surface area contributed by atoms with Crippen LogP contribution in [0.2, 0.25) is 0 Å². The van der Waals surface area contributed by atoms with Crippen molar-refractivity contribution in [2.45, 2.75) is 24.5 Å². The number of aromatic amines is 1. The first kappa shape index (κ1) is 17.3. The molecule has 138 valence electrons. The number of rotatable bonds is 5. The fraction of sp³-hybridized carbons (Fsp3) is 0.222. The number of nitrogens with two attached hydrogens (primary N) is 1. The first-order valence-corrected chi connectivity index (χ1v) is 9.39. The molecule has 0 saturated heterocycles. The largest absolute Gasteiger partial charge is 0.467 e. The van der Waals surface area contributed by atoms with E-state index in [4.69, 9.17) is 10.2 Å². The van der Waals surface area contributed by atoms with E-state index in [9.17, 15) is 4.79 Å². The molecule has 0 saturated carbocycles. The molecule has 1 aliphatic heterocycles. The number of hydrazone groups is 1. The molecule has 9 heteroatoms. The molecule has 27 heavy (non-hydrogen) atoms. The predicted molar refractivity (Wildman–Crippen MR) is 102 cm³/mol. The molecule has 1 amide bonds. The lowest BCUT2D eigenvalue weighted by atomic mass is 10.0. The molecule has 8 nitrogen and oxygen atoms in total. The number of hydrogen-bond donors (Lipinski definition) is 2. The van der Waals surface area contributed by atoms with Crippen molar-refractivity contribution in [3.63, 3.8) is 0 Å². The molecule has 1 aliphatic rings. The monoisotopic (exact) mass is 382 g/mol. The van der Waals surface area contributed by atoms with Gasteiger partial charge in [-0.3, -0.25) is 4.79 Å². The molecule has 1 atom stereocenters. The van der Waals surface area contributed by atoms with Gasteiger partial charge in [0.25, 0.3) is 5.91 Å². The van der Waals surface area contributed by atoms with Gasteiger partial charge in [-0.1, -0.05) is 41.6 Å². The molecule has 0 unspecified atom stereocenters. The van der Waals surface area contributed by atoms with E-state index < -0.39 is 0 Å². The number of aryl methyl sites for hydroxylation is 1. The van der Waals surface area contributed by atoms with Crippen LogP contribution in [-0.4, -0.2) is 37.6 Å². The average Bonchev–Trinajstić information content (AvgIpc) is 3.40. The maximum absolute atomic E-state index is 12.8. The Morgan fingerprint density at radius 2 is 2.19 bits per heavy atom. The number of anilines is 1. The summed E-state index contributed by atoms with van der Waals surface area (Å²) in [5.41, 5.74) is 8.55. The van der Waals surface area contributed by atoms with Crippen molar-refractivity contribution in [1.29, 1.82) is 0 Å². The van der Waals surface area contributed by atoms with E-state index in [-0.39, 0.29) is 23.7 Å². The van der Waals surface area contributed by atoms with Gasteiger partial charge in [-0.25, -0.2) is 10.1 Å². The third kappa shape index (κ3) is 3.72. The number of H-pyrrole nitrogens is 1. The zero-order chi connectivity index (χ0) is 18.8. The van der Waals surface area contributed by atoms with E-state index in [1.165, 1.54) is 22.3 Å². The van der Waals surface area contributed by atoms with Gasteiger partial charge in [-0.05, 0) is 24.6 Å². The van der Waals surface area contributed by atoms with Crippen molar-refractivity contribution in [2.24, 2.45) is 5.10 Å². The molecular formula is C18H18N6O2S. The molecule has 4 rings (SSSR count). The van der Waals surface area contributed by atoms with Crippen molar-refractivity contribution in [3.8, 4) is 0 Å². The van der Waals surface area contributed by atoms with Gasteiger partial charge in [-0.15, -0.1) is 5.10 Å². The number of aromatic nitrogens is 3. The third-order valence-corrected chi connectivity index (χ3v) is 5.06. The highest BCUT2D eigenvalue weighted by Gasteiger charge is 2.34. The second kappa shape index (κ2) is 7.28. The summed E-state index contributed by atoms with van der Waals surface area (Å²) in [7, 11) is 0. The van der Waals surface area contributed by atoms with Gasteiger partial charge >= 0.3 is 0 Å². The number of carbonyl (C=O) groups excluding carboxylic acids is 1. The van der Waals surface area contributed by atoms with Crippen LogP contribution in [0.25, 0.3) is 0 Å². The van der Waals surface area contributed by atoms with Crippen molar-refractivity contribution < 1.29 is 9.21 Å². The number of benzene rings is 1. The molecule has 0 bridgehead atoms. The average molecular weight is 382 g/mol. The van der Waals surface area contributed by atoms with Crippen molar-refractivity contribution >= 4 is 29.3 Å². The van der Waals surface area contributed by atoms with Gasteiger partial charge in [0.05, 0.1) is 17.7 Å². The number of amides is 1. The molecule has 3 N–H and O–H groups in total. The summed E-state index contributed by atoms with van der Waals surface area (Å²) in [5.74, 6) is 0.937. The maximum atomic E-state index is 12.8. The molecule has 0 radical (unpaired) electrons. The minimum absolute atomic E-state index is 0.146. The Balaban J connectivity index is 1.55. The number of nitrogens with zero attached hydrogens (tertiary/aromatic N) is 4. The van der Waals surface area contributed by atoms with E-state index in [0.29, 0.717) is 17.3 Å². The van der Waals surface area contributed by atoms with E-state index in [1.54, 1.807) is 6.26 Å². The SMILES string of the molecule is Cc1ccc(C2=NN(C(=O)CSc3n[nH]c(N)n3)[C@@H](c3ccco3)C2)cc1. The van der Waals surface area contributed by atoms with E-state index in [1.807, 2.05) is 43.3 Å². The Morgan fingerprint density at radius 1 is 1.37 bits per heavy atom. The zero-order valence-corrected chi connectivity index (χ0v) is 15.4.